The molecule has 0 aromatic carbocycles. The van der Waals surface area contributed by atoms with Crippen LogP contribution in [-0.2, 0) is 0 Å². The van der Waals surface area contributed by atoms with E-state index in [1.165, 1.54) is 23.3 Å². The van der Waals surface area contributed by atoms with E-state index in [9.17, 15) is 13.2 Å². The van der Waals surface area contributed by atoms with Crippen LogP contribution in [-0.4, -0.2) is 50.9 Å². The van der Waals surface area contributed by atoms with E-state index in [0.717, 1.165) is 0 Å². The van der Waals surface area contributed by atoms with Gasteiger partial charge in [0.05, 0.1) is 13.7 Å². The van der Waals surface area contributed by atoms with Crippen molar-refractivity contribution in [2.24, 2.45) is 0 Å². The van der Waals surface area contributed by atoms with E-state index in [1.807, 2.05) is 11.0 Å². The molecule has 0 spiro atoms. The van der Waals surface area contributed by atoms with E-state index in [0.29, 0.717) is 41.8 Å². The zero-order valence-corrected chi connectivity index (χ0v) is 12.2. The van der Waals surface area contributed by atoms with Crippen molar-refractivity contribution in [2.45, 2.75) is 6.18 Å². The van der Waals surface area contributed by atoms with E-state index in [1.54, 1.807) is 0 Å². The van der Waals surface area contributed by atoms with E-state index >= 15 is 0 Å². The van der Waals surface area contributed by atoms with Gasteiger partial charge in [-0.25, -0.2) is 0 Å². The molecule has 0 bridgehead atoms. The number of anilines is 2. The molecule has 1 aliphatic heterocycles. The molecule has 1 saturated heterocycles. The lowest BCUT2D eigenvalue weighted by Crippen LogP contribution is -2.49. The van der Waals surface area contributed by atoms with Crippen LogP contribution in [0.2, 0.25) is 0 Å². The molecule has 0 radical (unpaired) electrons. The number of nitrogens with two attached hydrogens (primary N) is 1. The van der Waals surface area contributed by atoms with Crippen molar-refractivity contribution >= 4 is 22.0 Å². The van der Waals surface area contributed by atoms with Crippen molar-refractivity contribution in [1.29, 1.82) is 5.26 Å². The van der Waals surface area contributed by atoms with Crippen LogP contribution >= 0.6 is 11.3 Å². The Labute approximate surface area is 124 Å². The highest BCUT2D eigenvalue weighted by atomic mass is 32.1. The maximum absolute atomic E-state index is 12.4. The summed E-state index contributed by atoms with van der Waals surface area (Å²) < 4.78 is 42.3. The van der Waals surface area contributed by atoms with Gasteiger partial charge < -0.3 is 15.4 Å². The van der Waals surface area contributed by atoms with Crippen molar-refractivity contribution in [3.05, 3.63) is 4.88 Å². The molecule has 116 valence electrons. The number of ether oxygens (including phenoxy) is 1. The highest BCUT2D eigenvalue weighted by Gasteiger charge is 2.33. The van der Waals surface area contributed by atoms with Gasteiger partial charge in [0, 0.05) is 26.2 Å². The molecular weight excluding hydrogens is 305 g/mol. The highest BCUT2D eigenvalue weighted by molar-refractivity contribution is 7.17. The third kappa shape index (κ3) is 3.51. The van der Waals surface area contributed by atoms with Gasteiger partial charge >= 0.3 is 6.18 Å². The van der Waals surface area contributed by atoms with Gasteiger partial charge in [0.25, 0.3) is 0 Å². The van der Waals surface area contributed by atoms with Gasteiger partial charge in [-0.2, -0.15) is 18.4 Å². The number of hydrogen-bond acceptors (Lipinski definition) is 6. The van der Waals surface area contributed by atoms with Gasteiger partial charge in [0.15, 0.2) is 5.75 Å². The first-order chi connectivity index (χ1) is 9.85. The lowest BCUT2D eigenvalue weighted by molar-refractivity contribution is -0.146. The molecular formula is C12H15F3N4OS. The van der Waals surface area contributed by atoms with Crippen LogP contribution in [0.1, 0.15) is 4.88 Å². The fourth-order valence-electron chi connectivity index (χ4n) is 2.27. The first-order valence-electron chi connectivity index (χ1n) is 6.26. The van der Waals surface area contributed by atoms with Crippen LogP contribution in [0.4, 0.5) is 23.9 Å². The predicted octanol–water partition coefficient (Wildman–Crippen LogP) is 1.89. The molecule has 1 aromatic rings. The minimum atomic E-state index is -4.18. The summed E-state index contributed by atoms with van der Waals surface area (Å²) in [5.41, 5.74) is 6.11. The number of alkyl halides is 3. The van der Waals surface area contributed by atoms with Crippen LogP contribution in [0.15, 0.2) is 0 Å². The van der Waals surface area contributed by atoms with Gasteiger partial charge in [-0.3, -0.25) is 4.90 Å². The fourth-order valence-corrected chi connectivity index (χ4v) is 3.31. The Bertz CT molecular complexity index is 544. The molecule has 2 rings (SSSR count). The lowest BCUT2D eigenvalue weighted by atomic mass is 10.3. The Morgan fingerprint density at radius 1 is 1.33 bits per heavy atom. The molecule has 21 heavy (non-hydrogen) atoms. The number of nitrogen functional groups attached to an aromatic ring is 1. The minimum absolute atomic E-state index is 0.290. The summed E-state index contributed by atoms with van der Waals surface area (Å²) in [5.74, 6) is 0.431. The normalized spacial score (nSPS) is 16.8. The van der Waals surface area contributed by atoms with Crippen molar-refractivity contribution in [3.63, 3.8) is 0 Å². The molecule has 0 unspecified atom stereocenters. The maximum Gasteiger partial charge on any atom is 0.401 e. The summed E-state index contributed by atoms with van der Waals surface area (Å²) in [6.07, 6.45) is -4.18. The number of halogens is 3. The Kier molecular flexibility index (Phi) is 4.49. The SMILES string of the molecule is COc1c(N2CCN(CC(F)(F)F)CC2)sc(C#N)c1N. The molecule has 1 aliphatic rings. The zero-order valence-electron chi connectivity index (χ0n) is 11.4. The smallest absolute Gasteiger partial charge is 0.401 e. The van der Waals surface area contributed by atoms with Gasteiger partial charge in [-0.05, 0) is 0 Å². The van der Waals surface area contributed by atoms with Crippen LogP contribution < -0.4 is 15.4 Å². The second-order valence-corrected chi connectivity index (χ2v) is 5.67. The highest BCUT2D eigenvalue weighted by Crippen LogP contribution is 2.44. The summed E-state index contributed by atoms with van der Waals surface area (Å²) in [5, 5.41) is 9.70. The van der Waals surface area contributed by atoms with Gasteiger partial charge in [0.1, 0.15) is 21.6 Å². The Morgan fingerprint density at radius 3 is 2.43 bits per heavy atom. The minimum Gasteiger partial charge on any atom is -0.492 e. The molecule has 0 atom stereocenters. The molecule has 2 N–H and O–H groups in total. The quantitative estimate of drug-likeness (QED) is 0.921. The maximum atomic E-state index is 12.4. The van der Waals surface area contributed by atoms with E-state index < -0.39 is 12.7 Å². The molecule has 0 amide bonds. The third-order valence-electron chi connectivity index (χ3n) is 3.25. The van der Waals surface area contributed by atoms with Gasteiger partial charge in [0.2, 0.25) is 0 Å². The molecule has 2 heterocycles. The van der Waals surface area contributed by atoms with E-state index in [2.05, 4.69) is 0 Å². The number of nitrogens with zero attached hydrogens (tertiary/aromatic N) is 3. The molecule has 5 nitrogen and oxygen atoms in total. The van der Waals surface area contributed by atoms with Crippen LogP contribution in [0.25, 0.3) is 0 Å². The van der Waals surface area contributed by atoms with E-state index in [4.69, 9.17) is 15.7 Å². The monoisotopic (exact) mass is 320 g/mol. The third-order valence-corrected chi connectivity index (χ3v) is 4.40. The Morgan fingerprint density at radius 2 is 1.95 bits per heavy atom. The molecule has 1 fully saturated rings. The summed E-state index contributed by atoms with van der Waals surface area (Å²) in [7, 11) is 1.46. The van der Waals surface area contributed by atoms with E-state index in [-0.39, 0.29) is 5.69 Å². The molecule has 0 aliphatic carbocycles. The number of thiophene rings is 1. The van der Waals surface area contributed by atoms with Gasteiger partial charge in [-0.15, -0.1) is 11.3 Å². The Hall–Kier alpha value is -1.66. The molecule has 9 heteroatoms. The number of methoxy groups -OCH3 is 1. The first-order valence-corrected chi connectivity index (χ1v) is 7.07. The fraction of sp³-hybridized carbons (Fsp3) is 0.583. The molecule has 0 saturated carbocycles. The van der Waals surface area contributed by atoms with Gasteiger partial charge in [-0.1, -0.05) is 0 Å². The van der Waals surface area contributed by atoms with Crippen LogP contribution in [0, 0.1) is 11.3 Å². The zero-order chi connectivity index (χ0) is 15.6. The summed E-state index contributed by atoms with van der Waals surface area (Å²) in [6, 6.07) is 2.00. The van der Waals surface area contributed by atoms with Crippen LogP contribution in [0.3, 0.4) is 0 Å². The van der Waals surface area contributed by atoms with Crippen molar-refractivity contribution in [3.8, 4) is 11.8 Å². The van der Waals surface area contributed by atoms with Crippen molar-refractivity contribution in [2.75, 3.05) is 50.5 Å². The summed E-state index contributed by atoms with van der Waals surface area (Å²) >= 11 is 1.21. The van der Waals surface area contributed by atoms with Crippen molar-refractivity contribution < 1.29 is 17.9 Å². The first kappa shape index (κ1) is 15.7. The average molecular weight is 320 g/mol. The lowest BCUT2D eigenvalue weighted by Gasteiger charge is -2.35. The Balaban J connectivity index is 2.08. The molecule has 1 aromatic heterocycles. The van der Waals surface area contributed by atoms with Crippen molar-refractivity contribution in [1.82, 2.24) is 4.90 Å². The number of hydrogen-bond donors (Lipinski definition) is 1. The summed E-state index contributed by atoms with van der Waals surface area (Å²) in [6.45, 7) is 0.604. The second kappa shape index (κ2) is 5.99. The van der Waals surface area contributed by atoms with Crippen LogP contribution in [0.5, 0.6) is 5.75 Å². The standard InChI is InChI=1S/C12H15F3N4OS/c1-20-10-9(17)8(6-16)21-11(10)19-4-2-18(3-5-19)7-12(13,14)15/h2-5,7,17H2,1H3. The number of rotatable bonds is 3. The topological polar surface area (TPSA) is 65.5 Å². The summed E-state index contributed by atoms with van der Waals surface area (Å²) in [4.78, 5) is 3.64. The largest absolute Gasteiger partial charge is 0.492 e. The second-order valence-electron chi connectivity index (χ2n) is 4.67. The average Bonchev–Trinajstić information content (AvgIpc) is 2.74. The number of nitriles is 1. The predicted molar refractivity (Wildman–Crippen MR) is 74.7 cm³/mol. The number of piperazine rings is 1.